The van der Waals surface area contributed by atoms with Gasteiger partial charge < -0.3 is 4.90 Å². The van der Waals surface area contributed by atoms with E-state index in [1.54, 1.807) is 11.3 Å². The molecule has 1 aromatic heterocycles. The third kappa shape index (κ3) is 2.10. The number of carbonyl (C=O) groups excluding carboxylic acids is 1. The highest BCUT2D eigenvalue weighted by Crippen LogP contribution is 2.29. The fourth-order valence-electron chi connectivity index (χ4n) is 2.32. The molecule has 1 aromatic carbocycles. The lowest BCUT2D eigenvalue weighted by Crippen LogP contribution is -2.35. The first kappa shape index (κ1) is 11.9. The van der Waals surface area contributed by atoms with E-state index in [-0.39, 0.29) is 5.91 Å². The van der Waals surface area contributed by atoms with Crippen molar-refractivity contribution in [1.82, 2.24) is 0 Å². The molecule has 0 spiro atoms. The predicted octanol–water partition coefficient (Wildman–Crippen LogP) is 4.10. The molecule has 0 radical (unpaired) electrons. The van der Waals surface area contributed by atoms with Crippen LogP contribution in [0, 0.1) is 0 Å². The van der Waals surface area contributed by atoms with Crippen LogP contribution >= 0.6 is 27.3 Å². The first-order valence-corrected chi connectivity index (χ1v) is 7.57. The third-order valence-corrected chi connectivity index (χ3v) is 4.67. The molecular weight excluding hydrogens is 310 g/mol. The molecule has 2 heterocycles. The van der Waals surface area contributed by atoms with E-state index < -0.39 is 0 Å². The maximum absolute atomic E-state index is 12.5. The average molecular weight is 322 g/mol. The topological polar surface area (TPSA) is 20.3 Å². The molecule has 1 amide bonds. The minimum atomic E-state index is 0.101. The van der Waals surface area contributed by atoms with E-state index in [1.165, 1.54) is 5.56 Å². The molecule has 0 aliphatic carbocycles. The Morgan fingerprint density at radius 2 is 2.17 bits per heavy atom. The van der Waals surface area contributed by atoms with E-state index in [1.807, 2.05) is 34.5 Å². The van der Waals surface area contributed by atoms with Gasteiger partial charge in [0.1, 0.15) is 0 Å². The molecule has 0 saturated carbocycles. The van der Waals surface area contributed by atoms with Crippen molar-refractivity contribution >= 4 is 38.9 Å². The van der Waals surface area contributed by atoms with Crippen molar-refractivity contribution in [2.24, 2.45) is 0 Å². The molecule has 0 N–H and O–H groups in total. The average Bonchev–Trinajstić information content (AvgIpc) is 2.84. The lowest BCUT2D eigenvalue weighted by Gasteiger charge is -2.29. The second-order valence-corrected chi connectivity index (χ2v) is 6.62. The normalized spacial score (nSPS) is 14.4. The van der Waals surface area contributed by atoms with Gasteiger partial charge in [0.2, 0.25) is 0 Å². The zero-order valence-electron chi connectivity index (χ0n) is 9.73. The second-order valence-electron chi connectivity index (χ2n) is 4.33. The van der Waals surface area contributed by atoms with E-state index >= 15 is 0 Å². The van der Waals surface area contributed by atoms with Crippen molar-refractivity contribution in [1.29, 1.82) is 0 Å². The minimum Gasteiger partial charge on any atom is -0.308 e. The van der Waals surface area contributed by atoms with E-state index in [4.69, 9.17) is 0 Å². The van der Waals surface area contributed by atoms with Crippen LogP contribution in [0.15, 0.2) is 39.5 Å². The lowest BCUT2D eigenvalue weighted by atomic mass is 10.0. The highest BCUT2D eigenvalue weighted by Gasteiger charge is 2.23. The summed E-state index contributed by atoms with van der Waals surface area (Å²) < 4.78 is 0.996. The smallest absolute Gasteiger partial charge is 0.259 e. The summed E-state index contributed by atoms with van der Waals surface area (Å²) in [5.74, 6) is 0.101. The lowest BCUT2D eigenvalue weighted by molar-refractivity contribution is 0.0985. The van der Waals surface area contributed by atoms with E-state index in [2.05, 4.69) is 22.0 Å². The Bertz CT molecular complexity index is 593. The Morgan fingerprint density at radius 3 is 2.94 bits per heavy atom. The Labute approximate surface area is 118 Å². The summed E-state index contributed by atoms with van der Waals surface area (Å²) in [6, 6.07) is 10.1. The summed E-state index contributed by atoms with van der Waals surface area (Å²) in [7, 11) is 0. The SMILES string of the molecule is O=C(c1csc(Br)c1)N1CCCc2ccccc21. The molecule has 0 saturated heterocycles. The summed E-state index contributed by atoms with van der Waals surface area (Å²) in [4.78, 5) is 14.4. The van der Waals surface area contributed by atoms with E-state index in [0.717, 1.165) is 34.4 Å². The van der Waals surface area contributed by atoms with Crippen LogP contribution in [0.4, 0.5) is 5.69 Å². The molecular formula is C14H12BrNOS. The van der Waals surface area contributed by atoms with Crippen molar-refractivity contribution < 1.29 is 4.79 Å². The number of fused-ring (bicyclic) bond motifs is 1. The zero-order valence-corrected chi connectivity index (χ0v) is 12.1. The molecule has 4 heteroatoms. The summed E-state index contributed by atoms with van der Waals surface area (Å²) in [6.45, 7) is 0.809. The first-order valence-electron chi connectivity index (χ1n) is 5.89. The number of aryl methyl sites for hydroxylation is 1. The predicted molar refractivity (Wildman–Crippen MR) is 78.5 cm³/mol. The van der Waals surface area contributed by atoms with Crippen LogP contribution in [0.3, 0.4) is 0 Å². The minimum absolute atomic E-state index is 0.101. The molecule has 0 bridgehead atoms. The molecule has 3 rings (SSSR count). The summed E-state index contributed by atoms with van der Waals surface area (Å²) in [6.07, 6.45) is 2.10. The third-order valence-electron chi connectivity index (χ3n) is 3.17. The highest BCUT2D eigenvalue weighted by molar-refractivity contribution is 9.11. The first-order chi connectivity index (χ1) is 8.75. The van der Waals surface area contributed by atoms with Gasteiger partial charge in [-0.1, -0.05) is 18.2 Å². The Balaban J connectivity index is 1.96. The number of amides is 1. The van der Waals surface area contributed by atoms with Crippen LogP contribution in [0.5, 0.6) is 0 Å². The van der Waals surface area contributed by atoms with Crippen LogP contribution in [0.1, 0.15) is 22.3 Å². The quantitative estimate of drug-likeness (QED) is 0.774. The van der Waals surface area contributed by atoms with Gasteiger partial charge in [-0.15, -0.1) is 11.3 Å². The van der Waals surface area contributed by atoms with Gasteiger partial charge in [-0.05, 0) is 46.5 Å². The monoisotopic (exact) mass is 321 g/mol. The number of hydrogen-bond donors (Lipinski definition) is 0. The molecule has 2 nitrogen and oxygen atoms in total. The number of thiophene rings is 1. The standard InChI is InChI=1S/C14H12BrNOS/c15-13-8-11(9-18-13)14(17)16-7-3-5-10-4-1-2-6-12(10)16/h1-2,4,6,8-9H,3,5,7H2. The van der Waals surface area contributed by atoms with Crippen molar-refractivity contribution in [3.63, 3.8) is 0 Å². The van der Waals surface area contributed by atoms with Crippen molar-refractivity contribution in [2.75, 3.05) is 11.4 Å². The number of nitrogens with zero attached hydrogens (tertiary/aromatic N) is 1. The van der Waals surface area contributed by atoms with Crippen molar-refractivity contribution in [3.8, 4) is 0 Å². The van der Waals surface area contributed by atoms with E-state index in [0.29, 0.717) is 0 Å². The molecule has 0 atom stereocenters. The highest BCUT2D eigenvalue weighted by atomic mass is 79.9. The summed E-state index contributed by atoms with van der Waals surface area (Å²) in [5.41, 5.74) is 3.10. The van der Waals surface area contributed by atoms with Gasteiger partial charge in [0, 0.05) is 17.6 Å². The molecule has 1 aliphatic rings. The van der Waals surface area contributed by atoms with Gasteiger partial charge in [-0.3, -0.25) is 4.79 Å². The van der Waals surface area contributed by atoms with Crippen LogP contribution in [0.25, 0.3) is 0 Å². The van der Waals surface area contributed by atoms with Gasteiger partial charge in [-0.25, -0.2) is 0 Å². The summed E-state index contributed by atoms with van der Waals surface area (Å²) >= 11 is 4.95. The largest absolute Gasteiger partial charge is 0.308 e. The number of hydrogen-bond acceptors (Lipinski definition) is 2. The molecule has 0 fully saturated rings. The number of anilines is 1. The fraction of sp³-hybridized carbons (Fsp3) is 0.214. The van der Waals surface area contributed by atoms with Gasteiger partial charge in [0.25, 0.3) is 5.91 Å². The van der Waals surface area contributed by atoms with Crippen LogP contribution < -0.4 is 4.90 Å². The van der Waals surface area contributed by atoms with Crippen molar-refractivity contribution in [2.45, 2.75) is 12.8 Å². The Morgan fingerprint density at radius 1 is 1.33 bits per heavy atom. The van der Waals surface area contributed by atoms with Gasteiger partial charge in [0.05, 0.1) is 9.35 Å². The zero-order chi connectivity index (χ0) is 12.5. The molecule has 92 valence electrons. The van der Waals surface area contributed by atoms with Crippen LogP contribution in [0.2, 0.25) is 0 Å². The maximum Gasteiger partial charge on any atom is 0.259 e. The van der Waals surface area contributed by atoms with Gasteiger partial charge in [-0.2, -0.15) is 0 Å². The van der Waals surface area contributed by atoms with Crippen LogP contribution in [-0.2, 0) is 6.42 Å². The number of para-hydroxylation sites is 1. The number of carbonyl (C=O) groups is 1. The Kier molecular flexibility index (Phi) is 3.22. The van der Waals surface area contributed by atoms with Crippen LogP contribution in [-0.4, -0.2) is 12.5 Å². The maximum atomic E-state index is 12.5. The van der Waals surface area contributed by atoms with Gasteiger partial charge in [0.15, 0.2) is 0 Å². The number of benzene rings is 1. The molecule has 0 unspecified atom stereocenters. The molecule has 1 aliphatic heterocycles. The number of halogens is 1. The number of rotatable bonds is 1. The second kappa shape index (κ2) is 4.86. The van der Waals surface area contributed by atoms with E-state index in [9.17, 15) is 4.79 Å². The fourth-order valence-corrected chi connectivity index (χ4v) is 3.45. The van der Waals surface area contributed by atoms with Crippen molar-refractivity contribution in [3.05, 3.63) is 50.6 Å². The molecule has 2 aromatic rings. The summed E-state index contributed by atoms with van der Waals surface area (Å²) in [5, 5.41) is 1.91. The Hall–Kier alpha value is -1.13. The molecule has 18 heavy (non-hydrogen) atoms. The van der Waals surface area contributed by atoms with Gasteiger partial charge >= 0.3 is 0 Å².